The molecular formula is C14H27NO11. The van der Waals surface area contributed by atoms with Gasteiger partial charge in [-0.05, 0) is 0 Å². The lowest BCUT2D eigenvalue weighted by Crippen LogP contribution is -2.60. The van der Waals surface area contributed by atoms with Crippen LogP contribution >= 0.6 is 0 Å². The first-order valence-electron chi connectivity index (χ1n) is 8.13. The Kier molecular flexibility index (Phi) is 7.67. The van der Waals surface area contributed by atoms with Crippen LogP contribution in [-0.2, 0) is 18.9 Å². The average Bonchev–Trinajstić information content (AvgIpc) is 2.64. The van der Waals surface area contributed by atoms with Crippen LogP contribution < -0.4 is 5.73 Å². The van der Waals surface area contributed by atoms with Crippen LogP contribution in [0.1, 0.15) is 0 Å². The minimum atomic E-state index is -1.55. The number of aliphatic hydroxyl groups excluding tert-OH is 7. The molecule has 0 aliphatic carbocycles. The summed E-state index contributed by atoms with van der Waals surface area (Å²) in [6, 6.07) is 0. The van der Waals surface area contributed by atoms with Crippen LogP contribution in [-0.4, -0.2) is 124 Å². The van der Waals surface area contributed by atoms with Crippen LogP contribution in [0, 0.1) is 0 Å². The van der Waals surface area contributed by atoms with Crippen molar-refractivity contribution in [1.82, 2.24) is 0 Å². The molecule has 2 fully saturated rings. The fraction of sp³-hybridized carbons (Fsp3) is 1.00. The third kappa shape index (κ3) is 4.86. The maximum atomic E-state index is 10.2. The Balaban J connectivity index is 1.88. The van der Waals surface area contributed by atoms with Gasteiger partial charge in [0.1, 0.15) is 36.6 Å². The molecule has 26 heavy (non-hydrogen) atoms. The highest BCUT2D eigenvalue weighted by molar-refractivity contribution is 4.89. The van der Waals surface area contributed by atoms with Gasteiger partial charge in [-0.15, -0.1) is 0 Å². The summed E-state index contributed by atoms with van der Waals surface area (Å²) in [4.78, 5) is 0. The summed E-state index contributed by atoms with van der Waals surface area (Å²) in [6.45, 7) is -1.99. The zero-order chi connectivity index (χ0) is 19.5. The standard InChI is InChI=1S/C14H27NO11/c15-14(3-16,4-17)5-25-12-11(22)9(20)7(2-24-12)26-13-10(21)8(19)6(18)1-23-13/h6-13,16-22H,1-5,15H2/t6-,7-,8+,9+,10-,11-,12+,13+/m1/s1. The summed E-state index contributed by atoms with van der Waals surface area (Å²) in [5.41, 5.74) is 4.21. The van der Waals surface area contributed by atoms with Crippen molar-refractivity contribution in [1.29, 1.82) is 0 Å². The SMILES string of the molecule is NC(CO)(CO)CO[C@@H]1OC[C@@H](O[C@@H]2OC[C@@H](O)[C@H](O)[C@H]2O)[C@H](O)[C@H]1O. The second kappa shape index (κ2) is 9.14. The molecule has 2 saturated heterocycles. The molecule has 154 valence electrons. The van der Waals surface area contributed by atoms with Crippen molar-refractivity contribution >= 4 is 0 Å². The number of nitrogens with two attached hydrogens (primary N) is 1. The van der Waals surface area contributed by atoms with E-state index in [-0.39, 0.29) is 19.8 Å². The van der Waals surface area contributed by atoms with Gasteiger partial charge in [0.15, 0.2) is 12.6 Å². The van der Waals surface area contributed by atoms with E-state index in [0.29, 0.717) is 0 Å². The van der Waals surface area contributed by atoms with Crippen LogP contribution in [0.5, 0.6) is 0 Å². The molecule has 0 amide bonds. The molecule has 0 radical (unpaired) electrons. The molecule has 2 rings (SSSR count). The first-order chi connectivity index (χ1) is 12.2. The molecule has 2 aliphatic rings. The van der Waals surface area contributed by atoms with Gasteiger partial charge in [-0.3, -0.25) is 0 Å². The van der Waals surface area contributed by atoms with Gasteiger partial charge in [-0.1, -0.05) is 0 Å². The second-order valence-electron chi connectivity index (χ2n) is 6.60. The van der Waals surface area contributed by atoms with Gasteiger partial charge < -0.3 is 60.4 Å². The van der Waals surface area contributed by atoms with Crippen LogP contribution in [0.4, 0.5) is 0 Å². The summed E-state index contributed by atoms with van der Waals surface area (Å²) in [7, 11) is 0. The zero-order valence-electron chi connectivity index (χ0n) is 14.0. The van der Waals surface area contributed by atoms with Crippen LogP contribution in [0.25, 0.3) is 0 Å². The zero-order valence-corrected chi connectivity index (χ0v) is 14.0. The first kappa shape index (κ1) is 21.8. The van der Waals surface area contributed by atoms with Crippen molar-refractivity contribution in [2.45, 2.75) is 54.7 Å². The fourth-order valence-electron chi connectivity index (χ4n) is 2.49. The van der Waals surface area contributed by atoms with Gasteiger partial charge in [0.05, 0.1) is 38.6 Å². The molecule has 0 saturated carbocycles. The van der Waals surface area contributed by atoms with Gasteiger partial charge in [-0.2, -0.15) is 0 Å². The molecule has 2 aliphatic heterocycles. The van der Waals surface area contributed by atoms with Gasteiger partial charge in [0.25, 0.3) is 0 Å². The Morgan fingerprint density at radius 2 is 1.42 bits per heavy atom. The minimum absolute atomic E-state index is 0.246. The molecular weight excluding hydrogens is 358 g/mol. The Labute approximate surface area is 149 Å². The minimum Gasteiger partial charge on any atom is -0.394 e. The van der Waals surface area contributed by atoms with E-state index in [1.165, 1.54) is 0 Å². The normalized spacial score (nSPS) is 42.0. The van der Waals surface area contributed by atoms with Crippen LogP contribution in [0.2, 0.25) is 0 Å². The molecule has 0 aromatic heterocycles. The summed E-state index contributed by atoms with van der Waals surface area (Å²) in [6.07, 6.45) is -11.1. The van der Waals surface area contributed by atoms with Crippen molar-refractivity contribution < 1.29 is 54.7 Å². The lowest BCUT2D eigenvalue weighted by molar-refractivity contribution is -0.329. The van der Waals surface area contributed by atoms with Crippen LogP contribution in [0.15, 0.2) is 0 Å². The lowest BCUT2D eigenvalue weighted by atomic mass is 10.0. The van der Waals surface area contributed by atoms with E-state index < -0.39 is 68.0 Å². The maximum absolute atomic E-state index is 10.2. The number of ether oxygens (including phenoxy) is 4. The highest BCUT2D eigenvalue weighted by Crippen LogP contribution is 2.24. The van der Waals surface area contributed by atoms with E-state index in [2.05, 4.69) is 0 Å². The van der Waals surface area contributed by atoms with E-state index >= 15 is 0 Å². The summed E-state index contributed by atoms with van der Waals surface area (Å²) >= 11 is 0. The monoisotopic (exact) mass is 385 g/mol. The quantitative estimate of drug-likeness (QED) is 0.207. The highest BCUT2D eigenvalue weighted by atomic mass is 16.7. The summed E-state index contributed by atoms with van der Waals surface area (Å²) in [5, 5.41) is 67.4. The predicted octanol–water partition coefficient (Wildman–Crippen LogP) is -5.41. The van der Waals surface area contributed by atoms with Crippen LogP contribution in [0.3, 0.4) is 0 Å². The third-order valence-electron chi connectivity index (χ3n) is 4.36. The fourth-order valence-corrected chi connectivity index (χ4v) is 2.49. The van der Waals surface area contributed by atoms with E-state index in [9.17, 15) is 25.5 Å². The third-order valence-corrected chi connectivity index (χ3v) is 4.36. The first-order valence-corrected chi connectivity index (χ1v) is 8.13. The van der Waals surface area contributed by atoms with Crippen molar-refractivity contribution in [3.63, 3.8) is 0 Å². The number of rotatable bonds is 7. The molecule has 0 unspecified atom stereocenters. The average molecular weight is 385 g/mol. The van der Waals surface area contributed by atoms with Crippen molar-refractivity contribution in [2.24, 2.45) is 5.73 Å². The van der Waals surface area contributed by atoms with Crippen molar-refractivity contribution in [3.05, 3.63) is 0 Å². The van der Waals surface area contributed by atoms with Gasteiger partial charge in [0.2, 0.25) is 0 Å². The van der Waals surface area contributed by atoms with E-state index in [1.807, 2.05) is 0 Å². The second-order valence-corrected chi connectivity index (χ2v) is 6.60. The molecule has 0 aromatic rings. The lowest BCUT2D eigenvalue weighted by Gasteiger charge is -2.41. The molecule has 12 heteroatoms. The van der Waals surface area contributed by atoms with Gasteiger partial charge >= 0.3 is 0 Å². The largest absolute Gasteiger partial charge is 0.394 e. The predicted molar refractivity (Wildman–Crippen MR) is 81.4 cm³/mol. The topological polar surface area (TPSA) is 205 Å². The summed E-state index contributed by atoms with van der Waals surface area (Å²) in [5.74, 6) is 0. The number of hydrogen-bond donors (Lipinski definition) is 8. The Morgan fingerprint density at radius 3 is 2.04 bits per heavy atom. The van der Waals surface area contributed by atoms with Gasteiger partial charge in [0, 0.05) is 0 Å². The van der Waals surface area contributed by atoms with Gasteiger partial charge in [-0.25, -0.2) is 0 Å². The molecule has 2 heterocycles. The molecule has 0 aromatic carbocycles. The molecule has 8 atom stereocenters. The molecule has 9 N–H and O–H groups in total. The van der Waals surface area contributed by atoms with Crippen molar-refractivity contribution in [3.8, 4) is 0 Å². The van der Waals surface area contributed by atoms with E-state index in [0.717, 1.165) is 0 Å². The molecule has 0 bridgehead atoms. The van der Waals surface area contributed by atoms with Crippen molar-refractivity contribution in [2.75, 3.05) is 33.0 Å². The van der Waals surface area contributed by atoms with E-state index in [4.69, 9.17) is 34.9 Å². The molecule has 12 nitrogen and oxygen atoms in total. The highest BCUT2D eigenvalue weighted by Gasteiger charge is 2.45. The maximum Gasteiger partial charge on any atom is 0.186 e. The van der Waals surface area contributed by atoms with E-state index in [1.54, 1.807) is 0 Å². The smallest absolute Gasteiger partial charge is 0.186 e. The number of hydrogen-bond acceptors (Lipinski definition) is 12. The molecule has 0 spiro atoms. The number of aliphatic hydroxyl groups is 7. The Hall–Kier alpha value is -0.480. The summed E-state index contributed by atoms with van der Waals surface area (Å²) < 4.78 is 20.9. The Bertz CT molecular complexity index is 437. The Morgan fingerprint density at radius 1 is 0.846 bits per heavy atom.